The number of aliphatic hydroxyl groups excluding tert-OH is 1. The molecule has 1 aromatic carbocycles. The van der Waals surface area contributed by atoms with Crippen LogP contribution in [-0.4, -0.2) is 23.5 Å². The van der Waals surface area contributed by atoms with Crippen LogP contribution in [0.2, 0.25) is 0 Å². The van der Waals surface area contributed by atoms with E-state index in [0.717, 1.165) is 5.56 Å². The van der Waals surface area contributed by atoms with E-state index in [4.69, 9.17) is 9.47 Å². The SMILES string of the molecule is C=CC[C@@]12C=C(O)C(=O)[C@@H](C1=O)[C@H](c1ccc3c(c1)OCO3)[C@H]2C. The van der Waals surface area contributed by atoms with Crippen LogP contribution < -0.4 is 9.47 Å². The van der Waals surface area contributed by atoms with Gasteiger partial charge < -0.3 is 14.6 Å². The lowest BCUT2D eigenvalue weighted by Crippen LogP contribution is -2.37. The highest BCUT2D eigenvalue weighted by Gasteiger charge is 2.62. The molecule has 1 N–H and O–H groups in total. The molecule has 124 valence electrons. The van der Waals surface area contributed by atoms with Gasteiger partial charge in [0.15, 0.2) is 23.0 Å². The topological polar surface area (TPSA) is 72.8 Å². The van der Waals surface area contributed by atoms with Crippen LogP contribution in [0.5, 0.6) is 11.5 Å². The average molecular weight is 326 g/mol. The van der Waals surface area contributed by atoms with Crippen molar-refractivity contribution in [3.63, 3.8) is 0 Å². The zero-order valence-electron chi connectivity index (χ0n) is 13.3. The van der Waals surface area contributed by atoms with Crippen molar-refractivity contribution < 1.29 is 24.2 Å². The zero-order chi connectivity index (χ0) is 17.1. The minimum atomic E-state index is -0.870. The summed E-state index contributed by atoms with van der Waals surface area (Å²) in [5.41, 5.74) is -0.0154. The maximum Gasteiger partial charge on any atom is 0.231 e. The molecule has 2 bridgehead atoms. The van der Waals surface area contributed by atoms with Crippen LogP contribution in [0.4, 0.5) is 0 Å². The Balaban J connectivity index is 1.84. The molecule has 0 saturated heterocycles. The van der Waals surface area contributed by atoms with Crippen LogP contribution in [0.3, 0.4) is 0 Å². The lowest BCUT2D eigenvalue weighted by molar-refractivity contribution is -0.135. The first-order chi connectivity index (χ1) is 11.5. The highest BCUT2D eigenvalue weighted by Crippen LogP contribution is 2.58. The highest BCUT2D eigenvalue weighted by atomic mass is 16.7. The van der Waals surface area contributed by atoms with Crippen molar-refractivity contribution in [2.24, 2.45) is 17.3 Å². The lowest BCUT2D eigenvalue weighted by Gasteiger charge is -2.30. The number of hydrogen-bond donors (Lipinski definition) is 1. The van der Waals surface area contributed by atoms with Gasteiger partial charge in [0.1, 0.15) is 0 Å². The van der Waals surface area contributed by atoms with E-state index in [1.54, 1.807) is 12.1 Å². The summed E-state index contributed by atoms with van der Waals surface area (Å²) in [5.74, 6) is -0.945. The van der Waals surface area contributed by atoms with E-state index in [2.05, 4.69) is 6.58 Å². The second kappa shape index (κ2) is 4.97. The summed E-state index contributed by atoms with van der Waals surface area (Å²) in [7, 11) is 0. The number of hydrogen-bond acceptors (Lipinski definition) is 5. The number of carbonyl (C=O) groups is 2. The first kappa shape index (κ1) is 15.0. The van der Waals surface area contributed by atoms with Crippen LogP contribution in [-0.2, 0) is 9.59 Å². The minimum absolute atomic E-state index is 0.125. The largest absolute Gasteiger partial charge is 0.505 e. The summed E-state index contributed by atoms with van der Waals surface area (Å²) in [6.07, 6.45) is 3.52. The van der Waals surface area contributed by atoms with E-state index >= 15 is 0 Å². The summed E-state index contributed by atoms with van der Waals surface area (Å²) in [4.78, 5) is 25.5. The summed E-state index contributed by atoms with van der Waals surface area (Å²) in [6.45, 7) is 5.87. The van der Waals surface area contributed by atoms with Gasteiger partial charge in [-0.25, -0.2) is 0 Å². The number of Topliss-reactive ketones (excluding diaryl/α,β-unsaturated/α-hetero) is 2. The van der Waals surface area contributed by atoms with Gasteiger partial charge in [-0.3, -0.25) is 9.59 Å². The molecule has 1 fully saturated rings. The maximum atomic E-state index is 13.0. The molecule has 1 aliphatic heterocycles. The molecule has 3 aliphatic rings. The molecule has 5 heteroatoms. The van der Waals surface area contributed by atoms with E-state index in [1.165, 1.54) is 6.08 Å². The van der Waals surface area contributed by atoms with Crippen LogP contribution in [0, 0.1) is 17.3 Å². The molecule has 4 rings (SSSR count). The van der Waals surface area contributed by atoms with E-state index in [0.29, 0.717) is 17.9 Å². The number of benzene rings is 1. The smallest absolute Gasteiger partial charge is 0.231 e. The fraction of sp³-hybridized carbons (Fsp3) is 0.368. The van der Waals surface area contributed by atoms with Gasteiger partial charge in [-0.2, -0.15) is 0 Å². The Morgan fingerprint density at radius 2 is 2.08 bits per heavy atom. The number of ether oxygens (including phenoxy) is 2. The third-order valence-corrected chi connectivity index (χ3v) is 5.64. The lowest BCUT2D eigenvalue weighted by atomic mass is 9.71. The first-order valence-corrected chi connectivity index (χ1v) is 8.00. The van der Waals surface area contributed by atoms with Crippen molar-refractivity contribution in [2.45, 2.75) is 19.3 Å². The second-order valence-electron chi connectivity index (χ2n) is 6.70. The van der Waals surface area contributed by atoms with Gasteiger partial charge in [-0.05, 0) is 36.1 Å². The van der Waals surface area contributed by atoms with Gasteiger partial charge in [0.05, 0.1) is 11.3 Å². The molecule has 4 atom stereocenters. The highest BCUT2D eigenvalue weighted by molar-refractivity contribution is 6.17. The van der Waals surface area contributed by atoms with Crippen LogP contribution in [0.15, 0.2) is 42.7 Å². The maximum absolute atomic E-state index is 13.0. The quantitative estimate of drug-likeness (QED) is 0.683. The van der Waals surface area contributed by atoms with Crippen molar-refractivity contribution in [1.29, 1.82) is 0 Å². The molecule has 24 heavy (non-hydrogen) atoms. The second-order valence-corrected chi connectivity index (χ2v) is 6.70. The first-order valence-electron chi connectivity index (χ1n) is 8.00. The molecule has 2 aliphatic carbocycles. The summed E-state index contributed by atoms with van der Waals surface area (Å²) in [6, 6.07) is 5.51. The molecule has 0 aromatic heterocycles. The Hall–Kier alpha value is -2.56. The number of carbonyl (C=O) groups excluding carboxylic acids is 2. The van der Waals surface area contributed by atoms with Gasteiger partial charge >= 0.3 is 0 Å². The van der Waals surface area contributed by atoms with Crippen LogP contribution in [0.25, 0.3) is 0 Å². The van der Waals surface area contributed by atoms with E-state index in [1.807, 2.05) is 19.1 Å². The minimum Gasteiger partial charge on any atom is -0.505 e. The van der Waals surface area contributed by atoms with Crippen molar-refractivity contribution in [1.82, 2.24) is 0 Å². The van der Waals surface area contributed by atoms with Crippen molar-refractivity contribution >= 4 is 11.6 Å². The Morgan fingerprint density at radius 3 is 2.83 bits per heavy atom. The summed E-state index contributed by atoms with van der Waals surface area (Å²) >= 11 is 0. The predicted octanol–water partition coefficient (Wildman–Crippen LogP) is 2.92. The van der Waals surface area contributed by atoms with E-state index < -0.39 is 17.1 Å². The molecule has 0 amide bonds. The molecule has 1 aromatic rings. The van der Waals surface area contributed by atoms with Gasteiger partial charge in [-0.1, -0.05) is 19.1 Å². The van der Waals surface area contributed by atoms with Crippen molar-refractivity contribution in [3.05, 3.63) is 48.3 Å². The predicted molar refractivity (Wildman–Crippen MR) is 85.9 cm³/mol. The monoisotopic (exact) mass is 326 g/mol. The Labute approximate surface area is 139 Å². The molecular formula is C19H18O5. The summed E-state index contributed by atoms with van der Waals surface area (Å²) < 4.78 is 10.7. The third kappa shape index (κ3) is 1.75. The van der Waals surface area contributed by atoms with Crippen LogP contribution in [0.1, 0.15) is 24.8 Å². The Morgan fingerprint density at radius 1 is 1.33 bits per heavy atom. The normalized spacial score (nSPS) is 33.5. The Bertz CT molecular complexity index is 793. The fourth-order valence-corrected chi connectivity index (χ4v) is 4.43. The number of fused-ring (bicyclic) bond motifs is 3. The van der Waals surface area contributed by atoms with Crippen LogP contribution >= 0.6 is 0 Å². The average Bonchev–Trinajstić information content (AvgIpc) is 3.08. The Kier molecular flexibility index (Phi) is 3.10. The molecule has 1 saturated carbocycles. The zero-order valence-corrected chi connectivity index (χ0v) is 13.3. The number of allylic oxidation sites excluding steroid dienone is 3. The van der Waals surface area contributed by atoms with Gasteiger partial charge in [0.25, 0.3) is 0 Å². The summed E-state index contributed by atoms with van der Waals surface area (Å²) in [5, 5.41) is 10.1. The molecule has 0 radical (unpaired) electrons. The molecule has 1 heterocycles. The number of aliphatic hydroxyl groups is 1. The van der Waals surface area contributed by atoms with E-state index in [-0.39, 0.29) is 30.2 Å². The van der Waals surface area contributed by atoms with Gasteiger partial charge in [0.2, 0.25) is 12.6 Å². The number of rotatable bonds is 3. The van der Waals surface area contributed by atoms with Gasteiger partial charge in [0, 0.05) is 5.92 Å². The fourth-order valence-electron chi connectivity index (χ4n) is 4.43. The van der Waals surface area contributed by atoms with Crippen molar-refractivity contribution in [3.8, 4) is 11.5 Å². The molecule has 5 nitrogen and oxygen atoms in total. The molecule has 0 unspecified atom stereocenters. The number of ketones is 2. The molecule has 0 spiro atoms. The molecular weight excluding hydrogens is 308 g/mol. The van der Waals surface area contributed by atoms with Gasteiger partial charge in [-0.15, -0.1) is 6.58 Å². The van der Waals surface area contributed by atoms with Crippen molar-refractivity contribution in [2.75, 3.05) is 6.79 Å². The standard InChI is InChI=1S/C19H18O5/c1-3-6-19-8-12(20)17(21)16(18(19)22)15(10(19)2)11-4-5-13-14(7-11)24-9-23-13/h3-5,7-8,10,15-16,20H,1,6,9H2,2H3/t10-,15+,16+,19+/m1/s1. The third-order valence-electron chi connectivity index (χ3n) is 5.64. The van der Waals surface area contributed by atoms with E-state index in [9.17, 15) is 14.7 Å².